The number of aromatic nitrogens is 8. The van der Waals surface area contributed by atoms with Gasteiger partial charge < -0.3 is 39.5 Å². The highest BCUT2D eigenvalue weighted by molar-refractivity contribution is 6.11. The van der Waals surface area contributed by atoms with E-state index in [-0.39, 0.29) is 5.92 Å². The van der Waals surface area contributed by atoms with Crippen LogP contribution < -0.4 is 10.2 Å². The third kappa shape index (κ3) is 10.1. The lowest BCUT2D eigenvalue weighted by Crippen LogP contribution is -2.35. The van der Waals surface area contributed by atoms with Crippen LogP contribution in [0.15, 0.2) is 79.1 Å². The van der Waals surface area contributed by atoms with Crippen molar-refractivity contribution in [1.29, 1.82) is 0 Å². The van der Waals surface area contributed by atoms with E-state index < -0.39 is 11.9 Å². The number of hydrogen-bond acceptors (Lipinski definition) is 14. The number of ether oxygens (including phenoxy) is 2. The number of nitrogens with zero attached hydrogens (tertiary/aromatic N) is 9. The summed E-state index contributed by atoms with van der Waals surface area (Å²) in [6.07, 6.45) is 4.18. The first-order valence-corrected chi connectivity index (χ1v) is 22.6. The molecule has 342 valence electrons. The summed E-state index contributed by atoms with van der Waals surface area (Å²) in [5.74, 6) is 2.25. The molecule has 0 aliphatic heterocycles. The van der Waals surface area contributed by atoms with E-state index >= 15 is 0 Å². The smallest absolute Gasteiger partial charge is 0.339 e. The number of fused-ring (bicyclic) bond motifs is 6. The maximum atomic E-state index is 12.4. The quantitative estimate of drug-likeness (QED) is 0.0643. The van der Waals surface area contributed by atoms with E-state index in [0.717, 1.165) is 79.0 Å². The van der Waals surface area contributed by atoms with E-state index in [9.17, 15) is 9.59 Å². The Bertz CT molecular complexity index is 2980. The number of aromatic amines is 2. The van der Waals surface area contributed by atoms with Gasteiger partial charge in [0.15, 0.2) is 0 Å². The number of hydrogen-bond donors (Lipinski definition) is 3. The first-order chi connectivity index (χ1) is 32.1. The van der Waals surface area contributed by atoms with E-state index in [1.54, 1.807) is 18.3 Å². The molecule has 0 saturated carbocycles. The van der Waals surface area contributed by atoms with Crippen LogP contribution in [0.25, 0.3) is 44.1 Å². The van der Waals surface area contributed by atoms with Gasteiger partial charge in [-0.3, -0.25) is 9.97 Å². The summed E-state index contributed by atoms with van der Waals surface area (Å²) in [7, 11) is 4.87. The number of methoxy groups -OCH3 is 2. The molecule has 0 fully saturated rings. The molecular formula is C50H58N12O4. The van der Waals surface area contributed by atoms with Crippen LogP contribution in [0.4, 0.5) is 11.6 Å². The topological polar surface area (TPSA) is 183 Å². The van der Waals surface area contributed by atoms with Crippen molar-refractivity contribution < 1.29 is 19.1 Å². The molecular weight excluding hydrogens is 833 g/mol. The van der Waals surface area contributed by atoms with Gasteiger partial charge in [0.2, 0.25) is 0 Å². The fraction of sp³-hybridized carbons (Fsp3) is 0.360. The summed E-state index contributed by atoms with van der Waals surface area (Å²) in [6, 6.07) is 22.3. The van der Waals surface area contributed by atoms with Gasteiger partial charge in [-0.15, -0.1) is 0 Å². The Hall–Kier alpha value is -7.04. The standard InChI is InChI=1S/C50H58N12O4/c1-8-61(9-2)19-20-62(10-3)48-42-44-38(25-36(28-52-44)50(64)66-7)55-47(42)58-40(59-48)23-33-17-14-18-34(21-33)30-60(5)29-31(4)26-53-45-41-43-37(24-35(27-51-43)49(63)65-6)54-46(41)57-39(56-45)22-32-15-12-11-13-16-32/h11-18,21,24-25,27-28,31H,8-10,19-20,22-23,26,29-30H2,1-7H3,(H,55,58,59)(H2,53,54,56,57). The predicted molar refractivity (Wildman–Crippen MR) is 259 cm³/mol. The fourth-order valence-electron chi connectivity index (χ4n) is 8.63. The van der Waals surface area contributed by atoms with E-state index in [0.29, 0.717) is 75.8 Å². The third-order valence-electron chi connectivity index (χ3n) is 12.0. The molecule has 0 bridgehead atoms. The number of anilines is 2. The zero-order chi connectivity index (χ0) is 46.3. The Morgan fingerprint density at radius 3 is 1.92 bits per heavy atom. The van der Waals surface area contributed by atoms with Crippen molar-refractivity contribution in [2.24, 2.45) is 5.92 Å². The van der Waals surface area contributed by atoms with Gasteiger partial charge in [-0.25, -0.2) is 29.5 Å². The number of esters is 2. The number of nitrogens with one attached hydrogen (secondary N) is 3. The van der Waals surface area contributed by atoms with Crippen molar-refractivity contribution in [3.8, 4) is 0 Å². The van der Waals surface area contributed by atoms with Gasteiger partial charge in [-0.1, -0.05) is 75.4 Å². The van der Waals surface area contributed by atoms with Gasteiger partial charge in [0.05, 0.1) is 47.2 Å². The normalized spacial score (nSPS) is 12.2. The van der Waals surface area contributed by atoms with Crippen LogP contribution >= 0.6 is 0 Å². The van der Waals surface area contributed by atoms with Crippen molar-refractivity contribution in [3.63, 3.8) is 0 Å². The summed E-state index contributed by atoms with van der Waals surface area (Å²) in [4.78, 5) is 68.1. The van der Waals surface area contributed by atoms with E-state index in [1.165, 1.54) is 26.0 Å². The second-order valence-corrected chi connectivity index (χ2v) is 16.8. The van der Waals surface area contributed by atoms with Crippen LogP contribution in [0, 0.1) is 5.92 Å². The molecule has 0 amide bonds. The number of H-pyrrole nitrogens is 2. The van der Waals surface area contributed by atoms with Crippen LogP contribution in [0.1, 0.15) is 76.8 Å². The molecule has 66 heavy (non-hydrogen) atoms. The highest BCUT2D eigenvalue weighted by Crippen LogP contribution is 2.33. The maximum absolute atomic E-state index is 12.4. The molecule has 0 spiro atoms. The van der Waals surface area contributed by atoms with Crippen molar-refractivity contribution in [2.75, 3.05) is 77.3 Å². The second-order valence-electron chi connectivity index (χ2n) is 16.8. The van der Waals surface area contributed by atoms with Gasteiger partial charge in [0.1, 0.15) is 45.6 Å². The lowest BCUT2D eigenvalue weighted by atomic mass is 10.1. The third-order valence-corrected chi connectivity index (χ3v) is 12.0. The summed E-state index contributed by atoms with van der Waals surface area (Å²) in [5, 5.41) is 5.26. The number of benzene rings is 2. The molecule has 0 saturated heterocycles. The molecule has 3 N–H and O–H groups in total. The summed E-state index contributed by atoms with van der Waals surface area (Å²) < 4.78 is 9.91. The molecule has 0 aliphatic rings. The molecule has 8 rings (SSSR count). The first kappa shape index (κ1) is 45.5. The number of rotatable bonds is 20. The minimum absolute atomic E-state index is 0.251. The molecule has 0 aliphatic carbocycles. The molecule has 6 heterocycles. The lowest BCUT2D eigenvalue weighted by Gasteiger charge is -2.27. The van der Waals surface area contributed by atoms with E-state index in [2.05, 4.69) is 106 Å². The Labute approximate surface area is 384 Å². The maximum Gasteiger partial charge on any atom is 0.339 e. The Kier molecular flexibility index (Phi) is 14.1. The Balaban J connectivity index is 0.989. The number of carbonyl (C=O) groups excluding carboxylic acids is 2. The Morgan fingerprint density at radius 2 is 1.29 bits per heavy atom. The monoisotopic (exact) mass is 890 g/mol. The van der Waals surface area contributed by atoms with Crippen LogP contribution in [0.3, 0.4) is 0 Å². The average Bonchev–Trinajstić information content (AvgIpc) is 3.89. The summed E-state index contributed by atoms with van der Waals surface area (Å²) in [6.45, 7) is 15.4. The predicted octanol–water partition coefficient (Wildman–Crippen LogP) is 7.43. The van der Waals surface area contributed by atoms with Gasteiger partial charge in [0.25, 0.3) is 0 Å². The van der Waals surface area contributed by atoms with Crippen LogP contribution in [-0.4, -0.2) is 129 Å². The molecule has 16 heteroatoms. The Morgan fingerprint density at radius 1 is 0.697 bits per heavy atom. The first-order valence-electron chi connectivity index (χ1n) is 22.6. The SMILES string of the molecule is CCN(CC)CCN(CC)c1nc(Cc2cccc(CN(C)CC(C)CNc3nc(Cc4ccccc4)nc4[nH]c5cc(C(=O)OC)cnc5c34)c2)nc2[nH]c3cc(C(=O)OC)cnc3c12. The number of likely N-dealkylation sites (N-methyl/N-ethyl adjacent to an activating group) is 2. The second kappa shape index (κ2) is 20.4. The van der Waals surface area contributed by atoms with Crippen LogP contribution in [-0.2, 0) is 28.9 Å². The minimum atomic E-state index is -0.454. The average molecular weight is 891 g/mol. The molecule has 1 unspecified atom stereocenters. The lowest BCUT2D eigenvalue weighted by molar-refractivity contribution is 0.0591. The van der Waals surface area contributed by atoms with Crippen LogP contribution in [0.2, 0.25) is 0 Å². The largest absolute Gasteiger partial charge is 0.465 e. The zero-order valence-corrected chi connectivity index (χ0v) is 38.8. The van der Waals surface area contributed by atoms with Gasteiger partial charge in [0, 0.05) is 64.5 Å². The van der Waals surface area contributed by atoms with Crippen molar-refractivity contribution in [3.05, 3.63) is 119 Å². The summed E-state index contributed by atoms with van der Waals surface area (Å²) >= 11 is 0. The van der Waals surface area contributed by atoms with Crippen LogP contribution in [0.5, 0.6) is 0 Å². The molecule has 2 aromatic carbocycles. The van der Waals surface area contributed by atoms with Gasteiger partial charge >= 0.3 is 11.9 Å². The van der Waals surface area contributed by atoms with E-state index in [4.69, 9.17) is 34.4 Å². The highest BCUT2D eigenvalue weighted by Gasteiger charge is 2.22. The molecule has 1 atom stereocenters. The van der Waals surface area contributed by atoms with E-state index in [1.807, 2.05) is 18.2 Å². The summed E-state index contributed by atoms with van der Waals surface area (Å²) in [5.41, 5.74) is 8.27. The van der Waals surface area contributed by atoms with Gasteiger partial charge in [-0.05, 0) is 61.8 Å². The van der Waals surface area contributed by atoms with Crippen molar-refractivity contribution in [2.45, 2.75) is 47.1 Å². The van der Waals surface area contributed by atoms with Crippen molar-refractivity contribution in [1.82, 2.24) is 49.7 Å². The fourth-order valence-corrected chi connectivity index (χ4v) is 8.63. The molecule has 0 radical (unpaired) electrons. The molecule has 6 aromatic heterocycles. The zero-order valence-electron chi connectivity index (χ0n) is 38.8. The number of carbonyl (C=O) groups is 2. The highest BCUT2D eigenvalue weighted by atomic mass is 16.5. The van der Waals surface area contributed by atoms with Gasteiger partial charge in [-0.2, -0.15) is 0 Å². The van der Waals surface area contributed by atoms with Crippen molar-refractivity contribution >= 4 is 67.7 Å². The minimum Gasteiger partial charge on any atom is -0.465 e. The number of pyridine rings is 2. The molecule has 8 aromatic rings. The molecule has 16 nitrogen and oxygen atoms in total.